The third kappa shape index (κ3) is 4.61. The Kier molecular flexibility index (Phi) is 6.16. The third-order valence-electron chi connectivity index (χ3n) is 5.09. The van der Waals surface area contributed by atoms with Crippen LogP contribution >= 0.6 is 11.6 Å². The molecule has 1 N–H and O–H groups in total. The molecule has 1 fully saturated rings. The predicted molar refractivity (Wildman–Crippen MR) is 111 cm³/mol. The molecule has 0 atom stereocenters. The van der Waals surface area contributed by atoms with Crippen LogP contribution in [0.4, 0.5) is 17.1 Å². The third-order valence-corrected chi connectivity index (χ3v) is 5.33. The number of hydrogen-bond donors (Lipinski definition) is 1. The summed E-state index contributed by atoms with van der Waals surface area (Å²) in [6, 6.07) is 10.6. The normalized spacial score (nSPS) is 14.8. The number of carbonyl (C=O) groups is 1. The average Bonchev–Trinajstić information content (AvgIpc) is 2.66. The molecule has 3 rings (SSSR count). The van der Waals surface area contributed by atoms with Gasteiger partial charge in [0.05, 0.1) is 11.5 Å². The van der Waals surface area contributed by atoms with Gasteiger partial charge in [-0.1, -0.05) is 23.7 Å². The van der Waals surface area contributed by atoms with Crippen LogP contribution in [0.5, 0.6) is 0 Å². The fraction of sp³-hybridized carbons (Fsp3) is 0.350. The van der Waals surface area contributed by atoms with Gasteiger partial charge in [-0.25, -0.2) is 0 Å². The van der Waals surface area contributed by atoms with Crippen LogP contribution in [0, 0.1) is 24.0 Å². The van der Waals surface area contributed by atoms with E-state index in [1.165, 1.54) is 6.07 Å². The first-order valence-electron chi connectivity index (χ1n) is 9.12. The molecule has 8 heteroatoms. The summed E-state index contributed by atoms with van der Waals surface area (Å²) in [6.07, 6.45) is 0. The highest BCUT2D eigenvalue weighted by Crippen LogP contribution is 2.31. The minimum atomic E-state index is -0.411. The van der Waals surface area contributed by atoms with Gasteiger partial charge in [0.2, 0.25) is 5.91 Å². The molecule has 2 aromatic rings. The first kappa shape index (κ1) is 20.1. The maximum Gasteiger partial charge on any atom is 0.294 e. The molecule has 0 aromatic heterocycles. The Balaban J connectivity index is 1.58. The van der Waals surface area contributed by atoms with Crippen molar-refractivity contribution in [1.29, 1.82) is 0 Å². The number of amides is 1. The van der Waals surface area contributed by atoms with Gasteiger partial charge >= 0.3 is 0 Å². The first-order valence-corrected chi connectivity index (χ1v) is 9.50. The summed E-state index contributed by atoms with van der Waals surface area (Å²) in [4.78, 5) is 27.3. The number of aryl methyl sites for hydroxylation is 1. The quantitative estimate of drug-likeness (QED) is 0.610. The number of nitro groups is 1. The lowest BCUT2D eigenvalue weighted by Gasteiger charge is -2.35. The fourth-order valence-electron chi connectivity index (χ4n) is 3.34. The van der Waals surface area contributed by atoms with Crippen LogP contribution in [0.25, 0.3) is 0 Å². The number of piperazine rings is 1. The molecule has 1 aliphatic heterocycles. The van der Waals surface area contributed by atoms with Crippen molar-refractivity contribution >= 4 is 34.6 Å². The number of rotatable bonds is 5. The molecule has 148 valence electrons. The highest BCUT2D eigenvalue weighted by atomic mass is 35.5. The van der Waals surface area contributed by atoms with Gasteiger partial charge in [-0.3, -0.25) is 19.8 Å². The number of nitrogens with one attached hydrogen (secondary N) is 1. The maximum atomic E-state index is 12.4. The number of carbonyl (C=O) groups excluding carboxylic acids is 1. The molecule has 2 aromatic carbocycles. The van der Waals surface area contributed by atoms with Crippen molar-refractivity contribution in [2.75, 3.05) is 42.9 Å². The first-order chi connectivity index (χ1) is 13.3. The van der Waals surface area contributed by atoms with E-state index in [4.69, 9.17) is 11.6 Å². The molecular weight excluding hydrogens is 380 g/mol. The predicted octanol–water partition coefficient (Wildman–Crippen LogP) is 3.63. The summed E-state index contributed by atoms with van der Waals surface area (Å²) >= 11 is 5.89. The lowest BCUT2D eigenvalue weighted by molar-refractivity contribution is -0.384. The van der Waals surface area contributed by atoms with E-state index in [2.05, 4.69) is 10.2 Å². The summed E-state index contributed by atoms with van der Waals surface area (Å²) in [5, 5.41) is 14.6. The SMILES string of the molecule is Cc1cccc(NC(=O)CN2CCN(c3ccc(Cl)cc3[N+](=O)[O-])CC2)c1C. The topological polar surface area (TPSA) is 78.7 Å². The van der Waals surface area contributed by atoms with E-state index in [0.29, 0.717) is 43.4 Å². The number of nitrogens with zero attached hydrogens (tertiary/aromatic N) is 3. The maximum absolute atomic E-state index is 12.4. The largest absolute Gasteiger partial charge is 0.363 e. The molecule has 1 aliphatic rings. The zero-order valence-electron chi connectivity index (χ0n) is 15.9. The van der Waals surface area contributed by atoms with E-state index >= 15 is 0 Å². The van der Waals surface area contributed by atoms with E-state index in [1.807, 2.05) is 36.9 Å². The van der Waals surface area contributed by atoms with Crippen LogP contribution in [0.2, 0.25) is 5.02 Å². The monoisotopic (exact) mass is 402 g/mol. The van der Waals surface area contributed by atoms with Crippen molar-refractivity contribution in [2.24, 2.45) is 0 Å². The number of hydrogen-bond acceptors (Lipinski definition) is 5. The van der Waals surface area contributed by atoms with Crippen LogP contribution < -0.4 is 10.2 Å². The van der Waals surface area contributed by atoms with Crippen molar-refractivity contribution < 1.29 is 9.72 Å². The minimum absolute atomic E-state index is 0.00798. The number of halogens is 1. The summed E-state index contributed by atoms with van der Waals surface area (Å²) in [5.41, 5.74) is 3.61. The summed E-state index contributed by atoms with van der Waals surface area (Å²) in [7, 11) is 0. The Bertz CT molecular complexity index is 895. The average molecular weight is 403 g/mol. The van der Waals surface area contributed by atoms with E-state index in [-0.39, 0.29) is 11.6 Å². The van der Waals surface area contributed by atoms with Gasteiger partial charge in [-0.05, 0) is 43.2 Å². The standard InChI is InChI=1S/C20H23ClN4O3/c1-14-4-3-5-17(15(14)2)22-20(26)13-23-8-10-24(11-9-23)18-7-6-16(21)12-19(18)25(27)28/h3-7,12H,8-11,13H2,1-2H3,(H,22,26). The minimum Gasteiger partial charge on any atom is -0.363 e. The fourth-order valence-corrected chi connectivity index (χ4v) is 3.50. The summed E-state index contributed by atoms with van der Waals surface area (Å²) < 4.78 is 0. The molecule has 7 nitrogen and oxygen atoms in total. The van der Waals surface area contributed by atoms with Crippen molar-refractivity contribution in [1.82, 2.24) is 4.90 Å². The molecule has 0 spiro atoms. The molecule has 28 heavy (non-hydrogen) atoms. The molecule has 0 unspecified atom stereocenters. The van der Waals surface area contributed by atoms with Crippen LogP contribution in [-0.4, -0.2) is 48.5 Å². The van der Waals surface area contributed by atoms with Crippen molar-refractivity contribution in [3.05, 3.63) is 62.7 Å². The van der Waals surface area contributed by atoms with Gasteiger partial charge in [0.15, 0.2) is 0 Å². The van der Waals surface area contributed by atoms with Gasteiger partial charge in [-0.15, -0.1) is 0 Å². The van der Waals surface area contributed by atoms with Gasteiger partial charge in [0, 0.05) is 43.0 Å². The zero-order chi connectivity index (χ0) is 20.3. The summed E-state index contributed by atoms with van der Waals surface area (Å²) in [6.45, 7) is 6.82. The zero-order valence-corrected chi connectivity index (χ0v) is 16.7. The van der Waals surface area contributed by atoms with Gasteiger partial charge < -0.3 is 10.2 Å². The molecular formula is C20H23ClN4O3. The van der Waals surface area contributed by atoms with Crippen molar-refractivity contribution in [3.63, 3.8) is 0 Å². The van der Waals surface area contributed by atoms with Crippen LogP contribution in [-0.2, 0) is 4.79 Å². The second-order valence-corrected chi connectivity index (χ2v) is 7.39. The molecule has 1 heterocycles. The molecule has 1 saturated heterocycles. The Morgan fingerprint density at radius 2 is 1.89 bits per heavy atom. The second kappa shape index (κ2) is 8.58. The van der Waals surface area contributed by atoms with Gasteiger partial charge in [0.1, 0.15) is 5.69 Å². The Morgan fingerprint density at radius 3 is 2.57 bits per heavy atom. The molecule has 0 radical (unpaired) electrons. The van der Waals surface area contributed by atoms with Gasteiger partial charge in [-0.2, -0.15) is 0 Å². The second-order valence-electron chi connectivity index (χ2n) is 6.95. The Labute approximate surface area is 169 Å². The van der Waals surface area contributed by atoms with E-state index in [1.54, 1.807) is 12.1 Å². The molecule has 0 aliphatic carbocycles. The summed E-state index contributed by atoms with van der Waals surface area (Å²) in [5.74, 6) is -0.0559. The smallest absolute Gasteiger partial charge is 0.294 e. The van der Waals surface area contributed by atoms with Crippen LogP contribution in [0.15, 0.2) is 36.4 Å². The van der Waals surface area contributed by atoms with E-state index < -0.39 is 4.92 Å². The van der Waals surface area contributed by atoms with Crippen molar-refractivity contribution in [3.8, 4) is 0 Å². The number of benzene rings is 2. The highest BCUT2D eigenvalue weighted by Gasteiger charge is 2.25. The van der Waals surface area contributed by atoms with E-state index in [0.717, 1.165) is 16.8 Å². The molecule has 0 bridgehead atoms. The highest BCUT2D eigenvalue weighted by molar-refractivity contribution is 6.30. The Hall–Kier alpha value is -2.64. The van der Waals surface area contributed by atoms with Gasteiger partial charge in [0.25, 0.3) is 5.69 Å². The molecule has 1 amide bonds. The lowest BCUT2D eigenvalue weighted by atomic mass is 10.1. The number of anilines is 2. The van der Waals surface area contributed by atoms with Crippen LogP contribution in [0.3, 0.4) is 0 Å². The van der Waals surface area contributed by atoms with E-state index in [9.17, 15) is 14.9 Å². The van der Waals surface area contributed by atoms with Crippen molar-refractivity contribution in [2.45, 2.75) is 13.8 Å². The molecule has 0 saturated carbocycles. The van der Waals surface area contributed by atoms with Crippen LogP contribution in [0.1, 0.15) is 11.1 Å². The Morgan fingerprint density at radius 1 is 1.18 bits per heavy atom. The lowest BCUT2D eigenvalue weighted by Crippen LogP contribution is -2.48. The number of nitro benzene ring substituents is 1.